The van der Waals surface area contributed by atoms with Crippen molar-refractivity contribution in [3.05, 3.63) is 70.8 Å². The van der Waals surface area contributed by atoms with Crippen molar-refractivity contribution in [2.24, 2.45) is 0 Å². The lowest BCUT2D eigenvalue weighted by Crippen LogP contribution is -2.50. The zero-order chi connectivity index (χ0) is 23.7. The monoisotopic (exact) mass is 436 g/mol. The molecule has 0 aliphatic rings. The van der Waals surface area contributed by atoms with E-state index >= 15 is 0 Å². The van der Waals surface area contributed by atoms with Gasteiger partial charge in [-0.1, -0.05) is 76.2 Å². The van der Waals surface area contributed by atoms with E-state index in [9.17, 15) is 9.59 Å². The maximum atomic E-state index is 13.4. The summed E-state index contributed by atoms with van der Waals surface area (Å²) in [5.74, 6) is 0.446. The van der Waals surface area contributed by atoms with Crippen LogP contribution < -0.4 is 5.32 Å². The van der Waals surface area contributed by atoms with Crippen LogP contribution in [0.15, 0.2) is 48.5 Å². The molecule has 0 aliphatic heterocycles. The van der Waals surface area contributed by atoms with E-state index in [0.717, 1.165) is 23.1 Å². The molecule has 0 aliphatic carbocycles. The van der Waals surface area contributed by atoms with Gasteiger partial charge in [0.05, 0.1) is 0 Å². The summed E-state index contributed by atoms with van der Waals surface area (Å²) in [7, 11) is 0. The number of benzene rings is 2. The van der Waals surface area contributed by atoms with Gasteiger partial charge in [0.2, 0.25) is 11.8 Å². The van der Waals surface area contributed by atoms with E-state index in [0.29, 0.717) is 31.7 Å². The lowest BCUT2D eigenvalue weighted by atomic mass is 9.99. The fourth-order valence-corrected chi connectivity index (χ4v) is 3.80. The second-order valence-electron chi connectivity index (χ2n) is 9.09. The molecule has 0 saturated carbocycles. The lowest BCUT2D eigenvalue weighted by molar-refractivity contribution is -0.141. The maximum Gasteiger partial charge on any atom is 0.243 e. The van der Waals surface area contributed by atoms with Gasteiger partial charge in [0.1, 0.15) is 6.04 Å². The molecule has 2 unspecified atom stereocenters. The first-order chi connectivity index (χ1) is 15.3. The molecular formula is C28H40N2O2. The minimum Gasteiger partial charge on any atom is -0.352 e. The van der Waals surface area contributed by atoms with Gasteiger partial charge in [0, 0.05) is 19.0 Å². The van der Waals surface area contributed by atoms with Gasteiger partial charge in [-0.25, -0.2) is 0 Å². The normalized spacial score (nSPS) is 13.0. The molecule has 0 spiro atoms. The highest BCUT2D eigenvalue weighted by Gasteiger charge is 2.29. The standard InChI is InChI=1S/C28H40N2O2/c1-7-22(6)29-28(32)26(8-2)30(19-25-12-10-9-11-21(25)5)27(31)18-15-23-13-16-24(17-14-23)20(3)4/h9-14,16-17,20,22,26H,7-8,15,18-19H2,1-6H3,(H,29,32). The Balaban J connectivity index is 2.20. The molecule has 1 N–H and O–H groups in total. The Labute approximate surface area is 194 Å². The summed E-state index contributed by atoms with van der Waals surface area (Å²) in [6.45, 7) is 12.9. The summed E-state index contributed by atoms with van der Waals surface area (Å²) < 4.78 is 0. The number of amides is 2. The molecule has 0 fully saturated rings. The zero-order valence-electron chi connectivity index (χ0n) is 20.7. The summed E-state index contributed by atoms with van der Waals surface area (Å²) in [6.07, 6.45) is 2.51. The molecule has 32 heavy (non-hydrogen) atoms. The van der Waals surface area contributed by atoms with Crippen LogP contribution in [0, 0.1) is 6.92 Å². The average Bonchev–Trinajstić information content (AvgIpc) is 2.78. The Morgan fingerprint density at radius 3 is 2.16 bits per heavy atom. The van der Waals surface area contributed by atoms with Crippen molar-refractivity contribution in [3.63, 3.8) is 0 Å². The van der Waals surface area contributed by atoms with Gasteiger partial charge in [-0.05, 0) is 61.3 Å². The fourth-order valence-electron chi connectivity index (χ4n) is 3.80. The SMILES string of the molecule is CCC(C)NC(=O)C(CC)N(Cc1ccccc1C)C(=O)CCc1ccc(C(C)C)cc1. The molecule has 4 heteroatoms. The molecular weight excluding hydrogens is 396 g/mol. The van der Waals surface area contributed by atoms with Crippen LogP contribution in [0.5, 0.6) is 0 Å². The van der Waals surface area contributed by atoms with Crippen molar-refractivity contribution in [2.45, 2.75) is 91.8 Å². The van der Waals surface area contributed by atoms with Gasteiger partial charge in [0.15, 0.2) is 0 Å². The molecule has 2 amide bonds. The Bertz CT molecular complexity index is 873. The summed E-state index contributed by atoms with van der Waals surface area (Å²) in [6, 6.07) is 16.2. The molecule has 0 saturated heterocycles. The predicted octanol–water partition coefficient (Wildman–Crippen LogP) is 5.77. The highest BCUT2D eigenvalue weighted by Crippen LogP contribution is 2.19. The Kier molecular flexibility index (Phi) is 9.96. The van der Waals surface area contributed by atoms with Crippen molar-refractivity contribution in [1.29, 1.82) is 0 Å². The quantitative estimate of drug-likeness (QED) is 0.486. The maximum absolute atomic E-state index is 13.4. The van der Waals surface area contributed by atoms with Crippen LogP contribution in [0.3, 0.4) is 0 Å². The molecule has 2 atom stereocenters. The second kappa shape index (κ2) is 12.4. The van der Waals surface area contributed by atoms with Crippen molar-refractivity contribution in [3.8, 4) is 0 Å². The average molecular weight is 437 g/mol. The van der Waals surface area contributed by atoms with E-state index in [-0.39, 0.29) is 17.9 Å². The number of carbonyl (C=O) groups is 2. The third-order valence-corrected chi connectivity index (χ3v) is 6.26. The van der Waals surface area contributed by atoms with Crippen LogP contribution in [0.1, 0.15) is 82.1 Å². The first-order valence-corrected chi connectivity index (χ1v) is 12.0. The van der Waals surface area contributed by atoms with Crippen molar-refractivity contribution in [1.82, 2.24) is 10.2 Å². The molecule has 0 aromatic heterocycles. The highest BCUT2D eigenvalue weighted by molar-refractivity contribution is 5.88. The van der Waals surface area contributed by atoms with Gasteiger partial charge < -0.3 is 10.2 Å². The van der Waals surface area contributed by atoms with Crippen molar-refractivity contribution in [2.75, 3.05) is 0 Å². The third-order valence-electron chi connectivity index (χ3n) is 6.26. The first kappa shape index (κ1) is 25.6. The predicted molar refractivity (Wildman–Crippen MR) is 133 cm³/mol. The first-order valence-electron chi connectivity index (χ1n) is 12.0. The van der Waals surface area contributed by atoms with E-state index in [2.05, 4.69) is 56.4 Å². The highest BCUT2D eigenvalue weighted by atomic mass is 16.2. The lowest BCUT2D eigenvalue weighted by Gasteiger charge is -2.32. The molecule has 2 aromatic rings. The molecule has 0 heterocycles. The molecule has 0 bridgehead atoms. The van der Waals surface area contributed by atoms with Crippen LogP contribution >= 0.6 is 0 Å². The molecule has 2 rings (SSSR count). The van der Waals surface area contributed by atoms with Crippen LogP contribution in [-0.2, 0) is 22.6 Å². The topological polar surface area (TPSA) is 49.4 Å². The number of hydrogen-bond donors (Lipinski definition) is 1. The summed E-state index contributed by atoms with van der Waals surface area (Å²) in [5, 5.41) is 3.07. The van der Waals surface area contributed by atoms with Crippen molar-refractivity contribution >= 4 is 11.8 Å². The molecule has 0 radical (unpaired) electrons. The zero-order valence-corrected chi connectivity index (χ0v) is 20.7. The number of aryl methyl sites for hydroxylation is 2. The molecule has 4 nitrogen and oxygen atoms in total. The van der Waals surface area contributed by atoms with Gasteiger partial charge in [-0.15, -0.1) is 0 Å². The molecule has 2 aromatic carbocycles. The Morgan fingerprint density at radius 2 is 1.59 bits per heavy atom. The number of rotatable bonds is 11. The summed E-state index contributed by atoms with van der Waals surface area (Å²) in [4.78, 5) is 28.2. The minimum atomic E-state index is -0.473. The summed E-state index contributed by atoms with van der Waals surface area (Å²) in [5.41, 5.74) is 4.66. The second-order valence-corrected chi connectivity index (χ2v) is 9.09. The van der Waals surface area contributed by atoms with Crippen LogP contribution in [0.4, 0.5) is 0 Å². The van der Waals surface area contributed by atoms with E-state index in [4.69, 9.17) is 0 Å². The Hall–Kier alpha value is -2.62. The van der Waals surface area contributed by atoms with Crippen LogP contribution in [-0.4, -0.2) is 28.8 Å². The van der Waals surface area contributed by atoms with E-state index in [1.165, 1.54) is 5.56 Å². The van der Waals surface area contributed by atoms with Gasteiger partial charge in [-0.3, -0.25) is 9.59 Å². The van der Waals surface area contributed by atoms with Gasteiger partial charge >= 0.3 is 0 Å². The van der Waals surface area contributed by atoms with E-state index in [1.807, 2.05) is 39.0 Å². The minimum absolute atomic E-state index is 0.0207. The van der Waals surface area contributed by atoms with E-state index < -0.39 is 6.04 Å². The number of carbonyl (C=O) groups excluding carboxylic acids is 2. The fraction of sp³-hybridized carbons (Fsp3) is 0.500. The number of nitrogens with zero attached hydrogens (tertiary/aromatic N) is 1. The third kappa shape index (κ3) is 7.22. The number of nitrogens with one attached hydrogen (secondary N) is 1. The number of hydrogen-bond acceptors (Lipinski definition) is 2. The van der Waals surface area contributed by atoms with Gasteiger partial charge in [-0.2, -0.15) is 0 Å². The van der Waals surface area contributed by atoms with Gasteiger partial charge in [0.25, 0.3) is 0 Å². The van der Waals surface area contributed by atoms with Crippen molar-refractivity contribution < 1.29 is 9.59 Å². The summed E-state index contributed by atoms with van der Waals surface area (Å²) >= 11 is 0. The van der Waals surface area contributed by atoms with Crippen LogP contribution in [0.25, 0.3) is 0 Å². The van der Waals surface area contributed by atoms with Crippen LogP contribution in [0.2, 0.25) is 0 Å². The molecule has 174 valence electrons. The van der Waals surface area contributed by atoms with E-state index in [1.54, 1.807) is 4.90 Å². The largest absolute Gasteiger partial charge is 0.352 e. The Morgan fingerprint density at radius 1 is 0.938 bits per heavy atom. The smallest absolute Gasteiger partial charge is 0.243 e.